The Morgan fingerprint density at radius 3 is 2.63 bits per heavy atom. The van der Waals surface area contributed by atoms with Crippen molar-refractivity contribution in [3.63, 3.8) is 0 Å². The maximum Gasteiger partial charge on any atom is 0.405 e. The van der Waals surface area contributed by atoms with Gasteiger partial charge in [-0.3, -0.25) is 15.0 Å². The fourth-order valence-corrected chi connectivity index (χ4v) is 3.04. The molecule has 0 spiro atoms. The minimum absolute atomic E-state index is 0.102. The Bertz CT molecular complexity index is 682. The van der Waals surface area contributed by atoms with Crippen LogP contribution in [0.25, 0.3) is 0 Å². The molecule has 1 aliphatic rings. The third kappa shape index (κ3) is 6.02. The fourth-order valence-electron chi connectivity index (χ4n) is 3.04. The number of carbonyl (C=O) groups is 2. The molecule has 2 N–H and O–H groups in total. The molecule has 0 radical (unpaired) electrons. The minimum atomic E-state index is -4.54. The molecule has 0 aliphatic carbocycles. The highest BCUT2D eigenvalue weighted by molar-refractivity contribution is 5.95. The molecule has 0 bridgehead atoms. The number of hydrogen-bond acceptors (Lipinski definition) is 5. The molecule has 1 atom stereocenters. The SMILES string of the molecule is COc1ccc([C@@H]2CCCN2CC(=O)NC(=O)NCC(F)(F)F)c(OC)c1. The van der Waals surface area contributed by atoms with Crippen LogP contribution >= 0.6 is 0 Å². The molecule has 1 saturated heterocycles. The molecule has 1 heterocycles. The lowest BCUT2D eigenvalue weighted by Gasteiger charge is -2.25. The van der Waals surface area contributed by atoms with Crippen LogP contribution in [0, 0.1) is 0 Å². The molecule has 1 aromatic carbocycles. The number of methoxy groups -OCH3 is 2. The van der Waals surface area contributed by atoms with Crippen molar-refractivity contribution in [1.29, 1.82) is 0 Å². The molecular formula is C17H22F3N3O4. The summed E-state index contributed by atoms with van der Waals surface area (Å²) in [6.45, 7) is -0.988. The smallest absolute Gasteiger partial charge is 0.405 e. The number of hydrogen-bond donors (Lipinski definition) is 2. The molecule has 150 valence electrons. The van der Waals surface area contributed by atoms with E-state index >= 15 is 0 Å². The molecule has 3 amide bonds. The van der Waals surface area contributed by atoms with Gasteiger partial charge < -0.3 is 14.8 Å². The molecule has 0 unspecified atom stereocenters. The van der Waals surface area contributed by atoms with E-state index in [1.165, 1.54) is 7.11 Å². The zero-order valence-electron chi connectivity index (χ0n) is 15.1. The van der Waals surface area contributed by atoms with E-state index in [2.05, 4.69) is 0 Å². The van der Waals surface area contributed by atoms with E-state index in [4.69, 9.17) is 9.47 Å². The normalized spacial score (nSPS) is 17.4. The number of ether oxygens (including phenoxy) is 2. The van der Waals surface area contributed by atoms with Gasteiger partial charge in [-0.05, 0) is 25.5 Å². The fraction of sp³-hybridized carbons (Fsp3) is 0.529. The van der Waals surface area contributed by atoms with E-state index in [9.17, 15) is 22.8 Å². The van der Waals surface area contributed by atoms with E-state index in [1.54, 1.807) is 24.6 Å². The van der Waals surface area contributed by atoms with Crippen molar-refractivity contribution in [2.24, 2.45) is 0 Å². The van der Waals surface area contributed by atoms with Gasteiger partial charge in [-0.2, -0.15) is 13.2 Å². The van der Waals surface area contributed by atoms with Crippen LogP contribution in [0.3, 0.4) is 0 Å². The highest BCUT2D eigenvalue weighted by atomic mass is 19.4. The summed E-state index contributed by atoms with van der Waals surface area (Å²) >= 11 is 0. The van der Waals surface area contributed by atoms with Crippen molar-refractivity contribution in [3.8, 4) is 11.5 Å². The molecule has 1 aliphatic heterocycles. The number of benzene rings is 1. The third-order valence-electron chi connectivity index (χ3n) is 4.21. The van der Waals surface area contributed by atoms with Crippen LogP contribution in [-0.4, -0.2) is 56.9 Å². The van der Waals surface area contributed by atoms with Crippen molar-refractivity contribution in [2.75, 3.05) is 33.9 Å². The largest absolute Gasteiger partial charge is 0.497 e. The van der Waals surface area contributed by atoms with Crippen LogP contribution < -0.4 is 20.1 Å². The number of nitrogens with one attached hydrogen (secondary N) is 2. The number of rotatable bonds is 6. The van der Waals surface area contributed by atoms with Crippen molar-refractivity contribution in [1.82, 2.24) is 15.5 Å². The van der Waals surface area contributed by atoms with Gasteiger partial charge in [0.25, 0.3) is 0 Å². The summed E-state index contributed by atoms with van der Waals surface area (Å²) in [5.74, 6) is 0.586. The molecular weight excluding hydrogens is 367 g/mol. The van der Waals surface area contributed by atoms with Crippen LogP contribution in [0.4, 0.5) is 18.0 Å². The first kappa shape index (κ1) is 20.8. The predicted octanol–water partition coefficient (Wildman–Crippen LogP) is 2.23. The number of urea groups is 1. The van der Waals surface area contributed by atoms with Crippen LogP contribution in [0.2, 0.25) is 0 Å². The first-order chi connectivity index (χ1) is 12.7. The minimum Gasteiger partial charge on any atom is -0.497 e. The average Bonchev–Trinajstić information content (AvgIpc) is 3.06. The summed E-state index contributed by atoms with van der Waals surface area (Å²) in [5, 5.41) is 3.52. The van der Waals surface area contributed by atoms with E-state index in [0.717, 1.165) is 18.4 Å². The van der Waals surface area contributed by atoms with Crippen LogP contribution in [-0.2, 0) is 4.79 Å². The molecule has 10 heteroatoms. The first-order valence-electron chi connectivity index (χ1n) is 8.34. The van der Waals surface area contributed by atoms with Crippen LogP contribution in [0.1, 0.15) is 24.4 Å². The molecule has 27 heavy (non-hydrogen) atoms. The standard InChI is InChI=1S/C17H22F3N3O4/c1-26-11-5-6-12(14(8-11)27-2)13-4-3-7-23(13)9-15(24)22-16(25)21-10-17(18,19)20/h5-6,8,13H,3-4,7,9-10H2,1-2H3,(H2,21,22,24,25)/t13-/m0/s1. The Kier molecular flexibility index (Phi) is 6.89. The Hall–Kier alpha value is -2.49. The Balaban J connectivity index is 1.98. The quantitative estimate of drug-likeness (QED) is 0.780. The molecule has 2 rings (SSSR count). The summed E-state index contributed by atoms with van der Waals surface area (Å²) in [7, 11) is 3.08. The number of halogens is 3. The zero-order valence-corrected chi connectivity index (χ0v) is 15.1. The van der Waals surface area contributed by atoms with E-state index in [1.807, 2.05) is 16.3 Å². The van der Waals surface area contributed by atoms with Gasteiger partial charge in [0, 0.05) is 17.7 Å². The third-order valence-corrected chi connectivity index (χ3v) is 4.21. The number of imide groups is 1. The van der Waals surface area contributed by atoms with Gasteiger partial charge in [-0.15, -0.1) is 0 Å². The van der Waals surface area contributed by atoms with E-state index in [-0.39, 0.29) is 12.6 Å². The van der Waals surface area contributed by atoms with Gasteiger partial charge in [-0.25, -0.2) is 4.79 Å². The van der Waals surface area contributed by atoms with Crippen LogP contribution in [0.5, 0.6) is 11.5 Å². The Morgan fingerprint density at radius 2 is 2.00 bits per heavy atom. The summed E-state index contributed by atoms with van der Waals surface area (Å²) in [4.78, 5) is 25.3. The van der Waals surface area contributed by atoms with Crippen LogP contribution in [0.15, 0.2) is 18.2 Å². The number of carbonyl (C=O) groups excluding carboxylic acids is 2. The van der Waals surface area contributed by atoms with E-state index < -0.39 is 24.7 Å². The number of alkyl halides is 3. The molecule has 1 aromatic rings. The number of amides is 3. The summed E-state index contributed by atoms with van der Waals surface area (Å²) in [5.41, 5.74) is 0.880. The highest BCUT2D eigenvalue weighted by Crippen LogP contribution is 2.38. The van der Waals surface area contributed by atoms with Gasteiger partial charge in [-0.1, -0.05) is 6.07 Å². The van der Waals surface area contributed by atoms with Gasteiger partial charge in [0.15, 0.2) is 0 Å². The molecule has 0 aromatic heterocycles. The Labute approximate surface area is 154 Å². The van der Waals surface area contributed by atoms with Crippen molar-refractivity contribution in [2.45, 2.75) is 25.1 Å². The topological polar surface area (TPSA) is 79.9 Å². The number of nitrogens with zero attached hydrogens (tertiary/aromatic N) is 1. The maximum atomic E-state index is 12.1. The van der Waals surface area contributed by atoms with E-state index in [0.29, 0.717) is 18.0 Å². The second-order valence-electron chi connectivity index (χ2n) is 6.08. The summed E-state index contributed by atoms with van der Waals surface area (Å²) in [6, 6.07) is 4.12. The second kappa shape index (κ2) is 8.94. The number of likely N-dealkylation sites (tertiary alicyclic amines) is 1. The van der Waals surface area contributed by atoms with Gasteiger partial charge >= 0.3 is 12.2 Å². The maximum absolute atomic E-state index is 12.1. The monoisotopic (exact) mass is 389 g/mol. The Morgan fingerprint density at radius 1 is 1.26 bits per heavy atom. The van der Waals surface area contributed by atoms with Crippen molar-refractivity contribution in [3.05, 3.63) is 23.8 Å². The molecule has 1 fully saturated rings. The summed E-state index contributed by atoms with van der Waals surface area (Å²) in [6.07, 6.45) is -2.91. The molecule has 0 saturated carbocycles. The lowest BCUT2D eigenvalue weighted by molar-refractivity contribution is -0.125. The average molecular weight is 389 g/mol. The van der Waals surface area contributed by atoms with Crippen molar-refractivity contribution >= 4 is 11.9 Å². The summed E-state index contributed by atoms with van der Waals surface area (Å²) < 4.78 is 46.8. The lowest BCUT2D eigenvalue weighted by atomic mass is 10.0. The van der Waals surface area contributed by atoms with Gasteiger partial charge in [0.2, 0.25) is 5.91 Å². The second-order valence-corrected chi connectivity index (χ2v) is 6.08. The highest BCUT2D eigenvalue weighted by Gasteiger charge is 2.31. The van der Waals surface area contributed by atoms with Gasteiger partial charge in [0.1, 0.15) is 18.0 Å². The first-order valence-corrected chi connectivity index (χ1v) is 8.34. The molecule has 7 nitrogen and oxygen atoms in total. The van der Waals surface area contributed by atoms with Crippen molar-refractivity contribution < 1.29 is 32.2 Å². The van der Waals surface area contributed by atoms with Gasteiger partial charge in [0.05, 0.1) is 20.8 Å². The lowest BCUT2D eigenvalue weighted by Crippen LogP contribution is -2.46. The zero-order chi connectivity index (χ0) is 20.0. The predicted molar refractivity (Wildman–Crippen MR) is 90.7 cm³/mol.